The lowest BCUT2D eigenvalue weighted by Gasteiger charge is -2.00. The van der Waals surface area contributed by atoms with Crippen molar-refractivity contribution in [3.05, 3.63) is 39.6 Å². The van der Waals surface area contributed by atoms with Crippen LogP contribution in [0, 0.1) is 19.7 Å². The number of aromatic nitrogens is 1. The Morgan fingerprint density at radius 1 is 1.29 bits per heavy atom. The van der Waals surface area contributed by atoms with Gasteiger partial charge in [0, 0.05) is 5.39 Å². The van der Waals surface area contributed by atoms with E-state index in [9.17, 15) is 9.18 Å². The van der Waals surface area contributed by atoms with Crippen LogP contribution in [-0.2, 0) is 0 Å². The molecule has 0 amide bonds. The van der Waals surface area contributed by atoms with E-state index >= 15 is 0 Å². The zero-order valence-electron chi connectivity index (χ0n) is 7.80. The van der Waals surface area contributed by atoms with Crippen LogP contribution in [0.2, 0.25) is 0 Å². The topological polar surface area (TPSA) is 43.1 Å². The molecule has 0 aliphatic rings. The number of hydrogen-bond acceptors (Lipinski definition) is 3. The molecule has 3 nitrogen and oxygen atoms in total. The summed E-state index contributed by atoms with van der Waals surface area (Å²) in [5.74, 6) is -0.340. The molecule has 1 aromatic carbocycles. The first-order valence-corrected chi connectivity index (χ1v) is 4.16. The molecule has 2 rings (SSSR count). The van der Waals surface area contributed by atoms with Crippen molar-refractivity contribution in [1.82, 2.24) is 5.16 Å². The quantitative estimate of drug-likeness (QED) is 0.642. The highest BCUT2D eigenvalue weighted by atomic mass is 19.1. The molecule has 0 fully saturated rings. The zero-order chi connectivity index (χ0) is 10.3. The molecule has 72 valence electrons. The highest BCUT2D eigenvalue weighted by molar-refractivity contribution is 5.83. The SMILES string of the molecule is Cc1cc2c(=O)onc(C)c2cc1F. The molecule has 1 heterocycles. The van der Waals surface area contributed by atoms with Crippen LogP contribution in [0.15, 0.2) is 21.5 Å². The van der Waals surface area contributed by atoms with E-state index in [1.54, 1.807) is 13.8 Å². The first-order valence-electron chi connectivity index (χ1n) is 4.16. The maximum atomic E-state index is 13.2. The summed E-state index contributed by atoms with van der Waals surface area (Å²) in [4.78, 5) is 11.2. The van der Waals surface area contributed by atoms with Gasteiger partial charge in [0.25, 0.3) is 0 Å². The molecule has 0 atom stereocenters. The van der Waals surface area contributed by atoms with Gasteiger partial charge >= 0.3 is 5.63 Å². The molecule has 0 aliphatic carbocycles. The van der Waals surface area contributed by atoms with E-state index in [1.807, 2.05) is 0 Å². The standard InChI is InChI=1S/C10H8FNO2/c1-5-3-8-7(4-9(5)11)6(2)12-14-10(8)13/h3-4H,1-2H3. The number of benzene rings is 1. The molecule has 0 spiro atoms. The third kappa shape index (κ3) is 1.19. The van der Waals surface area contributed by atoms with Gasteiger partial charge in [0.05, 0.1) is 11.1 Å². The van der Waals surface area contributed by atoms with Crippen molar-refractivity contribution in [3.63, 3.8) is 0 Å². The molecular formula is C10H8FNO2. The van der Waals surface area contributed by atoms with E-state index in [4.69, 9.17) is 0 Å². The Morgan fingerprint density at radius 2 is 2.00 bits per heavy atom. The molecule has 14 heavy (non-hydrogen) atoms. The lowest BCUT2D eigenvalue weighted by atomic mass is 10.1. The van der Waals surface area contributed by atoms with E-state index in [0.717, 1.165) is 0 Å². The summed E-state index contributed by atoms with van der Waals surface area (Å²) in [5.41, 5.74) is 0.405. The molecule has 0 aliphatic heterocycles. The van der Waals surface area contributed by atoms with Crippen molar-refractivity contribution < 1.29 is 8.91 Å². The van der Waals surface area contributed by atoms with Gasteiger partial charge in [-0.25, -0.2) is 9.18 Å². The maximum Gasteiger partial charge on any atom is 0.366 e. The van der Waals surface area contributed by atoms with Crippen molar-refractivity contribution in [2.75, 3.05) is 0 Å². The Bertz CT molecular complexity index is 560. The van der Waals surface area contributed by atoms with Crippen molar-refractivity contribution in [1.29, 1.82) is 0 Å². The number of nitrogens with zero attached hydrogens (tertiary/aromatic N) is 1. The monoisotopic (exact) mass is 193 g/mol. The van der Waals surface area contributed by atoms with E-state index in [1.165, 1.54) is 12.1 Å². The van der Waals surface area contributed by atoms with E-state index < -0.39 is 5.63 Å². The van der Waals surface area contributed by atoms with Crippen LogP contribution in [0.3, 0.4) is 0 Å². The normalized spacial score (nSPS) is 10.8. The second-order valence-corrected chi connectivity index (χ2v) is 3.20. The highest BCUT2D eigenvalue weighted by Crippen LogP contribution is 2.17. The van der Waals surface area contributed by atoms with Gasteiger partial charge in [0.15, 0.2) is 0 Å². The molecule has 0 bridgehead atoms. The number of aryl methyl sites for hydroxylation is 2. The summed E-state index contributed by atoms with van der Waals surface area (Å²) in [6, 6.07) is 2.79. The van der Waals surface area contributed by atoms with E-state index in [2.05, 4.69) is 9.68 Å². The Morgan fingerprint density at radius 3 is 2.71 bits per heavy atom. The van der Waals surface area contributed by atoms with Gasteiger partial charge < -0.3 is 4.52 Å². The van der Waals surface area contributed by atoms with Gasteiger partial charge in [-0.05, 0) is 31.5 Å². The number of fused-ring (bicyclic) bond motifs is 1. The Hall–Kier alpha value is -1.71. The predicted molar refractivity (Wildman–Crippen MR) is 49.7 cm³/mol. The zero-order valence-corrected chi connectivity index (χ0v) is 7.80. The third-order valence-corrected chi connectivity index (χ3v) is 2.17. The maximum absolute atomic E-state index is 13.2. The summed E-state index contributed by atoms with van der Waals surface area (Å²) in [7, 11) is 0. The lowest BCUT2D eigenvalue weighted by Crippen LogP contribution is -2.03. The number of hydrogen-bond donors (Lipinski definition) is 0. The number of halogens is 1. The summed E-state index contributed by atoms with van der Waals surface area (Å²) in [5, 5.41) is 4.40. The molecule has 1 aromatic heterocycles. The van der Waals surface area contributed by atoms with Gasteiger partial charge in [-0.1, -0.05) is 5.16 Å². The highest BCUT2D eigenvalue weighted by Gasteiger charge is 2.08. The summed E-state index contributed by atoms with van der Waals surface area (Å²) in [6.07, 6.45) is 0. The number of rotatable bonds is 0. The summed E-state index contributed by atoms with van der Waals surface area (Å²) < 4.78 is 17.7. The summed E-state index contributed by atoms with van der Waals surface area (Å²) in [6.45, 7) is 3.27. The predicted octanol–water partition coefficient (Wildman–Crippen LogP) is 1.94. The first-order chi connectivity index (χ1) is 6.59. The van der Waals surface area contributed by atoms with Gasteiger partial charge in [-0.3, -0.25) is 0 Å². The molecule has 0 N–H and O–H groups in total. The van der Waals surface area contributed by atoms with Crippen LogP contribution in [0.5, 0.6) is 0 Å². The minimum absolute atomic E-state index is 0.340. The fourth-order valence-electron chi connectivity index (χ4n) is 1.36. The van der Waals surface area contributed by atoms with Crippen LogP contribution >= 0.6 is 0 Å². The van der Waals surface area contributed by atoms with Crippen molar-refractivity contribution in [2.24, 2.45) is 0 Å². The molecule has 2 aromatic rings. The molecule has 4 heteroatoms. The largest absolute Gasteiger partial charge is 0.366 e. The van der Waals surface area contributed by atoms with Crippen LogP contribution in [0.4, 0.5) is 4.39 Å². The van der Waals surface area contributed by atoms with E-state index in [0.29, 0.717) is 22.0 Å². The van der Waals surface area contributed by atoms with Crippen molar-refractivity contribution in [2.45, 2.75) is 13.8 Å². The van der Waals surface area contributed by atoms with Gasteiger partial charge in [-0.2, -0.15) is 0 Å². The fourth-order valence-corrected chi connectivity index (χ4v) is 1.36. The Kier molecular flexibility index (Phi) is 1.84. The Labute approximate surface area is 79.1 Å². The fraction of sp³-hybridized carbons (Fsp3) is 0.200. The molecule has 0 saturated heterocycles. The average molecular weight is 193 g/mol. The minimum atomic E-state index is -0.534. The van der Waals surface area contributed by atoms with Gasteiger partial charge in [0.1, 0.15) is 5.82 Å². The van der Waals surface area contributed by atoms with Gasteiger partial charge in [-0.15, -0.1) is 0 Å². The first kappa shape index (κ1) is 8.87. The smallest absolute Gasteiger partial charge is 0.313 e. The van der Waals surface area contributed by atoms with Crippen LogP contribution in [0.25, 0.3) is 10.8 Å². The van der Waals surface area contributed by atoms with Crippen molar-refractivity contribution in [3.8, 4) is 0 Å². The third-order valence-electron chi connectivity index (χ3n) is 2.17. The van der Waals surface area contributed by atoms with Crippen LogP contribution in [-0.4, -0.2) is 5.16 Å². The molecular weight excluding hydrogens is 185 g/mol. The van der Waals surface area contributed by atoms with Crippen LogP contribution < -0.4 is 5.63 Å². The van der Waals surface area contributed by atoms with Crippen LogP contribution in [0.1, 0.15) is 11.3 Å². The molecule has 0 unspecified atom stereocenters. The Balaban J connectivity index is 3.02. The second-order valence-electron chi connectivity index (χ2n) is 3.20. The average Bonchev–Trinajstić information content (AvgIpc) is 2.15. The summed E-state index contributed by atoms with van der Waals surface area (Å²) >= 11 is 0. The van der Waals surface area contributed by atoms with E-state index in [-0.39, 0.29) is 5.82 Å². The minimum Gasteiger partial charge on any atom is -0.313 e. The van der Waals surface area contributed by atoms with Gasteiger partial charge in [0.2, 0.25) is 0 Å². The molecule has 0 radical (unpaired) electrons. The molecule has 0 saturated carbocycles. The second kappa shape index (κ2) is 2.90. The van der Waals surface area contributed by atoms with Crippen molar-refractivity contribution >= 4 is 10.8 Å². The lowest BCUT2D eigenvalue weighted by molar-refractivity contribution is 0.370.